The maximum Gasteiger partial charge on any atom is 0.405 e. The molecule has 6 nitrogen and oxygen atoms in total. The number of nitrogens with one attached hydrogen (secondary N) is 2. The minimum absolute atomic E-state index is 0.170. The van der Waals surface area contributed by atoms with Crippen molar-refractivity contribution in [2.75, 3.05) is 0 Å². The van der Waals surface area contributed by atoms with Gasteiger partial charge in [0.1, 0.15) is 6.04 Å². The molecule has 104 valence electrons. The van der Waals surface area contributed by atoms with E-state index in [1.165, 1.54) is 0 Å². The zero-order chi connectivity index (χ0) is 14.3. The summed E-state index contributed by atoms with van der Waals surface area (Å²) in [5, 5.41) is 10.8. The molecule has 0 saturated heterocycles. The van der Waals surface area contributed by atoms with Crippen LogP contribution >= 0.6 is 0 Å². The van der Waals surface area contributed by atoms with Crippen LogP contribution in [-0.2, 0) is 16.2 Å². The maximum atomic E-state index is 11.7. The molecule has 0 unspecified atom stereocenters. The van der Waals surface area contributed by atoms with Gasteiger partial charge in [-0.25, -0.2) is 10.3 Å². The first-order valence-corrected chi connectivity index (χ1v) is 5.95. The van der Waals surface area contributed by atoms with Crippen molar-refractivity contribution in [3.8, 4) is 0 Å². The number of carbonyl (C=O) groups excluding carboxylic acids is 1. The summed E-state index contributed by atoms with van der Waals surface area (Å²) in [6.45, 7) is 3.72. The number of hydrogen-bond acceptors (Lipinski definition) is 3. The molecule has 1 atom stereocenters. The van der Waals surface area contributed by atoms with Crippen molar-refractivity contribution in [2.24, 2.45) is 5.92 Å². The zero-order valence-electron chi connectivity index (χ0n) is 10.9. The van der Waals surface area contributed by atoms with E-state index in [2.05, 4.69) is 10.8 Å². The number of benzene rings is 1. The fraction of sp³-hybridized carbons (Fsp3) is 0.385. The van der Waals surface area contributed by atoms with Gasteiger partial charge in [-0.2, -0.15) is 0 Å². The van der Waals surface area contributed by atoms with Crippen molar-refractivity contribution >= 4 is 12.0 Å². The Morgan fingerprint density at radius 3 is 2.42 bits per heavy atom. The summed E-state index contributed by atoms with van der Waals surface area (Å²) >= 11 is 0. The van der Waals surface area contributed by atoms with E-state index in [1.54, 1.807) is 13.8 Å². The van der Waals surface area contributed by atoms with Crippen LogP contribution in [0.3, 0.4) is 0 Å². The van der Waals surface area contributed by atoms with E-state index in [9.17, 15) is 9.59 Å². The van der Waals surface area contributed by atoms with Crippen molar-refractivity contribution < 1.29 is 19.5 Å². The molecular weight excluding hydrogens is 248 g/mol. The molecule has 1 rings (SSSR count). The predicted octanol–water partition coefficient (Wildman–Crippen LogP) is 1.53. The molecule has 0 saturated carbocycles. The smallest absolute Gasteiger partial charge is 0.405 e. The molecule has 19 heavy (non-hydrogen) atoms. The molecule has 0 aromatic heterocycles. The fourth-order valence-corrected chi connectivity index (χ4v) is 1.50. The molecule has 6 heteroatoms. The number of rotatable bonds is 6. The average Bonchev–Trinajstić information content (AvgIpc) is 2.36. The van der Waals surface area contributed by atoms with Gasteiger partial charge in [-0.3, -0.25) is 9.63 Å². The van der Waals surface area contributed by atoms with Crippen LogP contribution in [-0.4, -0.2) is 23.1 Å². The van der Waals surface area contributed by atoms with Gasteiger partial charge in [0.25, 0.3) is 5.91 Å². The van der Waals surface area contributed by atoms with Crippen molar-refractivity contribution in [3.05, 3.63) is 35.9 Å². The largest absolute Gasteiger partial charge is 0.465 e. The number of hydrogen-bond donors (Lipinski definition) is 3. The van der Waals surface area contributed by atoms with Crippen LogP contribution in [0.1, 0.15) is 19.4 Å². The Morgan fingerprint density at radius 2 is 1.89 bits per heavy atom. The highest BCUT2D eigenvalue weighted by molar-refractivity contribution is 5.84. The molecule has 1 aromatic carbocycles. The highest BCUT2D eigenvalue weighted by atomic mass is 16.6. The van der Waals surface area contributed by atoms with Crippen molar-refractivity contribution in [3.63, 3.8) is 0 Å². The summed E-state index contributed by atoms with van der Waals surface area (Å²) in [6, 6.07) is 8.50. The second-order valence-electron chi connectivity index (χ2n) is 4.41. The molecule has 0 fully saturated rings. The van der Waals surface area contributed by atoms with Gasteiger partial charge in [0.05, 0.1) is 6.61 Å². The molecule has 2 amide bonds. The third kappa shape index (κ3) is 5.39. The Morgan fingerprint density at radius 1 is 1.26 bits per heavy atom. The monoisotopic (exact) mass is 266 g/mol. The maximum absolute atomic E-state index is 11.7. The summed E-state index contributed by atoms with van der Waals surface area (Å²) in [5.41, 5.74) is 3.17. The lowest BCUT2D eigenvalue weighted by Crippen LogP contribution is -2.49. The summed E-state index contributed by atoms with van der Waals surface area (Å²) < 4.78 is 0. The van der Waals surface area contributed by atoms with Crippen molar-refractivity contribution in [1.82, 2.24) is 10.8 Å². The Hall–Kier alpha value is -2.08. The van der Waals surface area contributed by atoms with Gasteiger partial charge in [0.2, 0.25) is 0 Å². The van der Waals surface area contributed by atoms with E-state index in [0.717, 1.165) is 5.56 Å². The Labute approximate surface area is 111 Å². The van der Waals surface area contributed by atoms with E-state index in [4.69, 9.17) is 9.94 Å². The third-order valence-electron chi connectivity index (χ3n) is 2.48. The molecular formula is C13H18N2O4. The van der Waals surface area contributed by atoms with Gasteiger partial charge in [0, 0.05) is 0 Å². The first kappa shape index (κ1) is 15.0. The van der Waals surface area contributed by atoms with Gasteiger partial charge in [-0.15, -0.1) is 0 Å². The van der Waals surface area contributed by atoms with E-state index in [1.807, 2.05) is 30.3 Å². The SMILES string of the molecule is CC(C)[C@@H](NC(=O)O)C(=O)NOCc1ccccc1. The highest BCUT2D eigenvalue weighted by Crippen LogP contribution is 2.03. The molecule has 0 spiro atoms. The average molecular weight is 266 g/mol. The number of amides is 2. The van der Waals surface area contributed by atoms with Crippen LogP contribution in [0.4, 0.5) is 4.79 Å². The number of carbonyl (C=O) groups is 2. The summed E-state index contributed by atoms with van der Waals surface area (Å²) in [4.78, 5) is 27.4. The van der Waals surface area contributed by atoms with Crippen LogP contribution in [0.25, 0.3) is 0 Å². The molecule has 0 bridgehead atoms. The van der Waals surface area contributed by atoms with Gasteiger partial charge in [-0.05, 0) is 11.5 Å². The summed E-state index contributed by atoms with van der Waals surface area (Å²) in [5.74, 6) is -0.676. The normalized spacial score (nSPS) is 11.9. The van der Waals surface area contributed by atoms with Gasteiger partial charge < -0.3 is 10.4 Å². The van der Waals surface area contributed by atoms with Crippen LogP contribution in [0.15, 0.2) is 30.3 Å². The lowest BCUT2D eigenvalue weighted by Gasteiger charge is -2.19. The lowest BCUT2D eigenvalue weighted by molar-refractivity contribution is -0.137. The van der Waals surface area contributed by atoms with Crippen LogP contribution in [0, 0.1) is 5.92 Å². The Balaban J connectivity index is 2.42. The minimum Gasteiger partial charge on any atom is -0.465 e. The molecule has 0 aliphatic carbocycles. The fourth-order valence-electron chi connectivity index (χ4n) is 1.50. The molecule has 0 heterocycles. The summed E-state index contributed by atoms with van der Waals surface area (Å²) in [7, 11) is 0. The second-order valence-corrected chi connectivity index (χ2v) is 4.41. The number of hydroxylamine groups is 1. The van der Waals surface area contributed by atoms with E-state index in [-0.39, 0.29) is 12.5 Å². The Kier molecular flexibility index (Phi) is 5.81. The predicted molar refractivity (Wildman–Crippen MR) is 69.2 cm³/mol. The van der Waals surface area contributed by atoms with Gasteiger partial charge in [0.15, 0.2) is 0 Å². The van der Waals surface area contributed by atoms with Gasteiger partial charge in [-0.1, -0.05) is 44.2 Å². The van der Waals surface area contributed by atoms with E-state index < -0.39 is 18.0 Å². The molecule has 0 aliphatic rings. The standard InChI is InChI=1S/C13H18N2O4/c1-9(2)11(14-13(17)18)12(16)15-19-8-10-6-4-3-5-7-10/h3-7,9,11,14H,8H2,1-2H3,(H,15,16)(H,17,18)/t11-/m1/s1. The Bertz CT molecular complexity index is 420. The topological polar surface area (TPSA) is 87.7 Å². The molecule has 0 radical (unpaired) electrons. The number of carboxylic acid groups (broad SMARTS) is 1. The second kappa shape index (κ2) is 7.38. The highest BCUT2D eigenvalue weighted by Gasteiger charge is 2.24. The first-order valence-electron chi connectivity index (χ1n) is 5.95. The molecule has 1 aromatic rings. The molecule has 0 aliphatic heterocycles. The zero-order valence-corrected chi connectivity index (χ0v) is 10.9. The van der Waals surface area contributed by atoms with Crippen LogP contribution < -0.4 is 10.8 Å². The third-order valence-corrected chi connectivity index (χ3v) is 2.48. The van der Waals surface area contributed by atoms with Gasteiger partial charge >= 0.3 is 6.09 Å². The molecule has 3 N–H and O–H groups in total. The van der Waals surface area contributed by atoms with E-state index in [0.29, 0.717) is 0 Å². The van der Waals surface area contributed by atoms with Crippen LogP contribution in [0.5, 0.6) is 0 Å². The minimum atomic E-state index is -1.24. The van der Waals surface area contributed by atoms with Crippen molar-refractivity contribution in [2.45, 2.75) is 26.5 Å². The van der Waals surface area contributed by atoms with Crippen LogP contribution in [0.2, 0.25) is 0 Å². The first-order chi connectivity index (χ1) is 9.00. The summed E-state index contributed by atoms with van der Waals surface area (Å²) in [6.07, 6.45) is -1.24. The quantitative estimate of drug-likeness (QED) is 0.681. The van der Waals surface area contributed by atoms with Crippen molar-refractivity contribution in [1.29, 1.82) is 0 Å². The van der Waals surface area contributed by atoms with E-state index >= 15 is 0 Å². The lowest BCUT2D eigenvalue weighted by atomic mass is 10.0.